The van der Waals surface area contributed by atoms with E-state index in [-0.39, 0.29) is 29.8 Å². The Morgan fingerprint density at radius 2 is 1.71 bits per heavy atom. The number of anilines is 2. The monoisotopic (exact) mass is 586 g/mol. The molecule has 2 saturated carbocycles. The zero-order chi connectivity index (χ0) is 29.5. The molecule has 0 saturated heterocycles. The van der Waals surface area contributed by atoms with Gasteiger partial charge in [0.15, 0.2) is 0 Å². The molecule has 2 aromatic carbocycles. The molecule has 2 aliphatic rings. The van der Waals surface area contributed by atoms with Crippen LogP contribution in [0, 0.1) is 5.92 Å². The van der Waals surface area contributed by atoms with Crippen LogP contribution in [0.5, 0.6) is 0 Å². The number of hydrogen-bond donors (Lipinski definition) is 2. The lowest BCUT2D eigenvalue weighted by Gasteiger charge is -2.36. The number of nitrogens with two attached hydrogens (primary N) is 1. The van der Waals surface area contributed by atoms with E-state index in [0.717, 1.165) is 104 Å². The Bertz CT molecular complexity index is 1330. The van der Waals surface area contributed by atoms with Gasteiger partial charge in [0, 0.05) is 38.1 Å². The first kappa shape index (κ1) is 30.3. The van der Waals surface area contributed by atoms with E-state index in [2.05, 4.69) is 71.6 Å². The minimum absolute atomic E-state index is 0.104. The molecule has 42 heavy (non-hydrogen) atoms. The predicted molar refractivity (Wildman–Crippen MR) is 175 cm³/mol. The highest BCUT2D eigenvalue weighted by molar-refractivity contribution is 7.12. The number of carbonyl (C=O) groups is 2. The van der Waals surface area contributed by atoms with Crippen molar-refractivity contribution in [2.24, 2.45) is 11.7 Å². The summed E-state index contributed by atoms with van der Waals surface area (Å²) in [4.78, 5) is 31.9. The second-order valence-electron chi connectivity index (χ2n) is 12.2. The van der Waals surface area contributed by atoms with Crippen LogP contribution in [0.3, 0.4) is 0 Å². The van der Waals surface area contributed by atoms with Crippen LogP contribution >= 0.6 is 11.3 Å². The Morgan fingerprint density at radius 3 is 2.43 bits per heavy atom. The first-order chi connectivity index (χ1) is 20.4. The molecule has 0 aliphatic heterocycles. The molecule has 3 aromatic rings. The summed E-state index contributed by atoms with van der Waals surface area (Å²) in [6.45, 7) is 3.70. The van der Waals surface area contributed by atoms with Crippen molar-refractivity contribution < 1.29 is 9.59 Å². The fraction of sp³-hybridized carbons (Fsp3) is 0.486. The second-order valence-corrected chi connectivity index (χ2v) is 13.1. The second kappa shape index (κ2) is 14.3. The van der Waals surface area contributed by atoms with Crippen LogP contribution in [-0.2, 0) is 11.3 Å². The molecule has 6 nitrogen and oxygen atoms in total. The molecule has 7 heteroatoms. The molecule has 1 heterocycles. The van der Waals surface area contributed by atoms with Crippen molar-refractivity contribution in [2.45, 2.75) is 89.8 Å². The van der Waals surface area contributed by atoms with Gasteiger partial charge in [0.1, 0.15) is 0 Å². The quantitative estimate of drug-likeness (QED) is 0.241. The van der Waals surface area contributed by atoms with Crippen molar-refractivity contribution >= 4 is 34.5 Å². The zero-order valence-corrected chi connectivity index (χ0v) is 26.0. The number of nitrogens with one attached hydrogen (secondary N) is 1. The maximum Gasteiger partial charge on any atom is 0.264 e. The first-order valence-electron chi connectivity index (χ1n) is 15.8. The third kappa shape index (κ3) is 7.42. The zero-order valence-electron chi connectivity index (χ0n) is 25.2. The molecule has 0 radical (unpaired) electrons. The molecule has 224 valence electrons. The average molecular weight is 587 g/mol. The molecule has 0 atom stereocenters. The SMILES string of the molecule is CCCCN(C)c1ccc(-c2cccc(CN(C(=O)c3cccs3)C3CCC(N)CC3)c2)cc1NC(=O)C1CCCC1. The van der Waals surface area contributed by atoms with Gasteiger partial charge in [-0.05, 0) is 91.3 Å². The first-order valence-corrected chi connectivity index (χ1v) is 16.7. The number of rotatable bonds is 11. The lowest BCUT2D eigenvalue weighted by atomic mass is 9.90. The summed E-state index contributed by atoms with van der Waals surface area (Å²) in [5.74, 6) is 0.345. The third-order valence-electron chi connectivity index (χ3n) is 9.03. The van der Waals surface area contributed by atoms with E-state index in [9.17, 15) is 9.59 Å². The fourth-order valence-corrected chi connectivity index (χ4v) is 7.13. The lowest BCUT2D eigenvalue weighted by molar-refractivity contribution is -0.119. The number of hydrogen-bond acceptors (Lipinski definition) is 5. The largest absolute Gasteiger partial charge is 0.373 e. The molecule has 3 N–H and O–H groups in total. The van der Waals surface area contributed by atoms with Crippen LogP contribution in [0.25, 0.3) is 11.1 Å². The van der Waals surface area contributed by atoms with Gasteiger partial charge in [-0.25, -0.2) is 0 Å². The molecule has 2 aliphatic carbocycles. The number of carbonyl (C=O) groups excluding carboxylic acids is 2. The lowest BCUT2D eigenvalue weighted by Crippen LogP contribution is -2.43. The van der Waals surface area contributed by atoms with Crippen molar-refractivity contribution in [3.05, 3.63) is 70.4 Å². The van der Waals surface area contributed by atoms with E-state index in [1.54, 1.807) is 0 Å². The Labute approximate surface area is 255 Å². The highest BCUT2D eigenvalue weighted by Crippen LogP contribution is 2.34. The average Bonchev–Trinajstić information content (AvgIpc) is 3.75. The highest BCUT2D eigenvalue weighted by atomic mass is 32.1. The summed E-state index contributed by atoms with van der Waals surface area (Å²) in [5, 5.41) is 5.27. The molecule has 2 amide bonds. The number of nitrogens with zero attached hydrogens (tertiary/aromatic N) is 2. The van der Waals surface area contributed by atoms with E-state index in [4.69, 9.17) is 5.73 Å². The number of amides is 2. The van der Waals surface area contributed by atoms with Gasteiger partial charge in [0.05, 0.1) is 16.3 Å². The molecular formula is C35H46N4O2S. The van der Waals surface area contributed by atoms with Gasteiger partial charge >= 0.3 is 0 Å². The predicted octanol–water partition coefficient (Wildman–Crippen LogP) is 7.69. The van der Waals surface area contributed by atoms with Gasteiger partial charge in [-0.1, -0.05) is 56.5 Å². The topological polar surface area (TPSA) is 78.7 Å². The number of benzene rings is 2. The van der Waals surface area contributed by atoms with Crippen LogP contribution < -0.4 is 16.0 Å². The van der Waals surface area contributed by atoms with Crippen LogP contribution in [0.1, 0.15) is 86.4 Å². The smallest absolute Gasteiger partial charge is 0.264 e. The van der Waals surface area contributed by atoms with E-state index in [1.807, 2.05) is 17.5 Å². The van der Waals surface area contributed by atoms with Crippen molar-refractivity contribution in [1.82, 2.24) is 4.90 Å². The van der Waals surface area contributed by atoms with E-state index < -0.39 is 0 Å². The van der Waals surface area contributed by atoms with Gasteiger partial charge in [0.2, 0.25) is 5.91 Å². The normalized spacial score (nSPS) is 19.0. The standard InChI is InChI=1S/C35H46N4O2S/c1-3-4-20-38(2)32-19-14-28(23-31(32)37-34(40)26-10-5-6-11-26)27-12-7-9-25(22-27)24-39(30-17-15-29(36)16-18-30)35(41)33-13-8-21-42-33/h7-9,12-14,19,21-23,26,29-30H,3-6,10-11,15-18,20,24,36H2,1-2H3,(H,37,40). The maximum atomic E-state index is 13.6. The molecule has 0 bridgehead atoms. The summed E-state index contributed by atoms with van der Waals surface area (Å²) in [7, 11) is 2.10. The van der Waals surface area contributed by atoms with Crippen LogP contribution in [0.15, 0.2) is 60.0 Å². The summed E-state index contributed by atoms with van der Waals surface area (Å²) >= 11 is 1.50. The van der Waals surface area contributed by atoms with Gasteiger partial charge in [-0.3, -0.25) is 9.59 Å². The Kier molecular flexibility index (Phi) is 10.3. The van der Waals surface area contributed by atoms with Crippen LogP contribution in [0.4, 0.5) is 11.4 Å². The summed E-state index contributed by atoms with van der Waals surface area (Å²) in [6.07, 6.45) is 10.2. The minimum atomic E-state index is 0.104. The molecule has 0 spiro atoms. The van der Waals surface area contributed by atoms with E-state index in [0.29, 0.717) is 6.54 Å². The van der Waals surface area contributed by atoms with Gasteiger partial charge in [-0.15, -0.1) is 11.3 Å². The van der Waals surface area contributed by atoms with Gasteiger partial charge in [-0.2, -0.15) is 0 Å². The summed E-state index contributed by atoms with van der Waals surface area (Å²) < 4.78 is 0. The van der Waals surface area contributed by atoms with Crippen LogP contribution in [-0.4, -0.2) is 42.4 Å². The molecular weight excluding hydrogens is 540 g/mol. The number of unbranched alkanes of at least 4 members (excludes halogenated alkanes) is 1. The van der Waals surface area contributed by atoms with E-state index in [1.165, 1.54) is 11.3 Å². The molecule has 2 fully saturated rings. The van der Waals surface area contributed by atoms with Crippen molar-refractivity contribution in [1.29, 1.82) is 0 Å². The Hall–Kier alpha value is -3.16. The van der Waals surface area contributed by atoms with Gasteiger partial charge in [0.25, 0.3) is 5.91 Å². The Morgan fingerprint density at radius 1 is 0.952 bits per heavy atom. The van der Waals surface area contributed by atoms with E-state index >= 15 is 0 Å². The minimum Gasteiger partial charge on any atom is -0.373 e. The number of thiophene rings is 1. The van der Waals surface area contributed by atoms with Crippen LogP contribution in [0.2, 0.25) is 0 Å². The third-order valence-corrected chi connectivity index (χ3v) is 9.88. The highest BCUT2D eigenvalue weighted by Gasteiger charge is 2.29. The van der Waals surface area contributed by atoms with Crippen molar-refractivity contribution in [3.8, 4) is 11.1 Å². The maximum absolute atomic E-state index is 13.6. The van der Waals surface area contributed by atoms with Gasteiger partial charge < -0.3 is 20.9 Å². The molecule has 0 unspecified atom stereocenters. The fourth-order valence-electron chi connectivity index (χ4n) is 6.45. The van der Waals surface area contributed by atoms with Crippen molar-refractivity contribution in [3.63, 3.8) is 0 Å². The molecule has 5 rings (SSSR count). The summed E-state index contributed by atoms with van der Waals surface area (Å²) in [5.41, 5.74) is 11.4. The Balaban J connectivity index is 1.41. The molecule has 1 aromatic heterocycles. The van der Waals surface area contributed by atoms with Crippen molar-refractivity contribution in [2.75, 3.05) is 23.8 Å². The summed E-state index contributed by atoms with van der Waals surface area (Å²) in [6, 6.07) is 19.2.